The SMILES string of the molecule is NC(N)=NS(=O)(=O)c1ccc(NC(=S)NC(=O)c2ccccc2F)cc1. The smallest absolute Gasteiger partial charge is 0.285 e. The van der Waals surface area contributed by atoms with Gasteiger partial charge in [-0.3, -0.25) is 10.1 Å². The average molecular weight is 395 g/mol. The fourth-order valence-corrected chi connectivity index (χ4v) is 2.95. The van der Waals surface area contributed by atoms with Crippen LogP contribution in [0.25, 0.3) is 0 Å². The predicted octanol–water partition coefficient (Wildman–Crippen LogP) is 0.915. The Morgan fingerprint density at radius 2 is 1.69 bits per heavy atom. The quantitative estimate of drug-likeness (QED) is 0.343. The highest BCUT2D eigenvalue weighted by atomic mass is 32.2. The third-order valence-corrected chi connectivity index (χ3v) is 4.50. The first kappa shape index (κ1) is 19.3. The number of benzene rings is 2. The first-order chi connectivity index (χ1) is 12.2. The fraction of sp³-hybridized carbons (Fsp3) is 0. The molecule has 2 aromatic carbocycles. The molecule has 0 aliphatic heterocycles. The molecule has 0 atom stereocenters. The summed E-state index contributed by atoms with van der Waals surface area (Å²) in [7, 11) is -4.00. The Balaban J connectivity index is 2.05. The highest BCUT2D eigenvalue weighted by Crippen LogP contribution is 2.16. The van der Waals surface area contributed by atoms with E-state index in [4.69, 9.17) is 23.7 Å². The van der Waals surface area contributed by atoms with E-state index in [0.29, 0.717) is 5.69 Å². The van der Waals surface area contributed by atoms with Crippen molar-refractivity contribution in [3.63, 3.8) is 0 Å². The number of amides is 1. The first-order valence-electron chi connectivity index (χ1n) is 7.02. The van der Waals surface area contributed by atoms with Gasteiger partial charge in [0.05, 0.1) is 10.5 Å². The molecule has 0 aliphatic rings. The molecule has 0 radical (unpaired) electrons. The van der Waals surface area contributed by atoms with Gasteiger partial charge < -0.3 is 16.8 Å². The van der Waals surface area contributed by atoms with Crippen LogP contribution in [-0.2, 0) is 10.0 Å². The van der Waals surface area contributed by atoms with Crippen molar-refractivity contribution < 1.29 is 17.6 Å². The van der Waals surface area contributed by atoms with Crippen LogP contribution < -0.4 is 22.1 Å². The van der Waals surface area contributed by atoms with Crippen LogP contribution in [0, 0.1) is 5.82 Å². The van der Waals surface area contributed by atoms with Gasteiger partial charge in [0, 0.05) is 5.69 Å². The van der Waals surface area contributed by atoms with Gasteiger partial charge in [-0.1, -0.05) is 12.1 Å². The molecule has 2 aromatic rings. The van der Waals surface area contributed by atoms with Crippen LogP contribution in [-0.4, -0.2) is 25.4 Å². The molecule has 26 heavy (non-hydrogen) atoms. The number of guanidine groups is 1. The summed E-state index contributed by atoms with van der Waals surface area (Å²) in [5.74, 6) is -1.97. The van der Waals surface area contributed by atoms with Crippen molar-refractivity contribution >= 4 is 44.9 Å². The Kier molecular flexibility index (Phi) is 5.85. The van der Waals surface area contributed by atoms with Crippen molar-refractivity contribution in [2.75, 3.05) is 5.32 Å². The summed E-state index contributed by atoms with van der Waals surface area (Å²) in [6.45, 7) is 0. The summed E-state index contributed by atoms with van der Waals surface area (Å²) in [4.78, 5) is 11.8. The fourth-order valence-electron chi connectivity index (χ4n) is 1.88. The number of carbonyl (C=O) groups is 1. The zero-order chi connectivity index (χ0) is 19.3. The number of sulfonamides is 1. The number of carbonyl (C=O) groups excluding carboxylic acids is 1. The van der Waals surface area contributed by atoms with Crippen LogP contribution in [0.4, 0.5) is 10.1 Å². The number of hydrogen-bond donors (Lipinski definition) is 4. The van der Waals surface area contributed by atoms with Crippen LogP contribution in [0.3, 0.4) is 0 Å². The van der Waals surface area contributed by atoms with Gasteiger partial charge in [-0.25, -0.2) is 4.39 Å². The number of thiocarbonyl (C=S) groups is 1. The molecule has 0 aromatic heterocycles. The normalized spacial score (nSPS) is 10.7. The van der Waals surface area contributed by atoms with Crippen molar-refractivity contribution in [1.82, 2.24) is 5.32 Å². The molecule has 6 N–H and O–H groups in total. The lowest BCUT2D eigenvalue weighted by Gasteiger charge is -2.10. The number of anilines is 1. The minimum atomic E-state index is -4.00. The molecular weight excluding hydrogens is 381 g/mol. The van der Waals surface area contributed by atoms with Crippen molar-refractivity contribution in [2.24, 2.45) is 15.9 Å². The van der Waals surface area contributed by atoms with E-state index in [0.717, 1.165) is 6.07 Å². The summed E-state index contributed by atoms with van der Waals surface area (Å²) in [5.41, 5.74) is 10.4. The lowest BCUT2D eigenvalue weighted by atomic mass is 10.2. The van der Waals surface area contributed by atoms with Gasteiger partial charge in [0.1, 0.15) is 5.82 Å². The minimum Gasteiger partial charge on any atom is -0.369 e. The summed E-state index contributed by atoms with van der Waals surface area (Å²) >= 11 is 4.98. The highest BCUT2D eigenvalue weighted by molar-refractivity contribution is 7.90. The Morgan fingerprint density at radius 1 is 1.08 bits per heavy atom. The maximum Gasteiger partial charge on any atom is 0.285 e. The van der Waals surface area contributed by atoms with Gasteiger partial charge in [0.2, 0.25) is 5.96 Å². The summed E-state index contributed by atoms with van der Waals surface area (Å²) < 4.78 is 40.4. The number of nitrogens with two attached hydrogens (primary N) is 2. The molecule has 136 valence electrons. The standard InChI is InChI=1S/C15H14FN5O3S2/c16-12-4-2-1-3-11(12)13(22)20-15(25)19-9-5-7-10(8-6-9)26(23,24)21-14(17)18/h1-8H,(H4,17,18,21)(H2,19,20,22,25). The van der Waals surface area contributed by atoms with Crippen molar-refractivity contribution in [3.05, 3.63) is 59.9 Å². The molecule has 0 saturated carbocycles. The Bertz CT molecular complexity index is 971. The second-order valence-electron chi connectivity index (χ2n) is 4.90. The predicted molar refractivity (Wildman–Crippen MR) is 99.5 cm³/mol. The third-order valence-electron chi connectivity index (χ3n) is 2.98. The number of halogens is 1. The van der Waals surface area contributed by atoms with E-state index in [9.17, 15) is 17.6 Å². The molecule has 0 unspecified atom stereocenters. The molecular formula is C15H14FN5O3S2. The highest BCUT2D eigenvalue weighted by Gasteiger charge is 2.14. The first-order valence-corrected chi connectivity index (χ1v) is 8.87. The molecule has 11 heteroatoms. The van der Waals surface area contributed by atoms with Gasteiger partial charge >= 0.3 is 0 Å². The summed E-state index contributed by atoms with van der Waals surface area (Å²) in [6.07, 6.45) is 0. The largest absolute Gasteiger partial charge is 0.369 e. The average Bonchev–Trinajstić information content (AvgIpc) is 2.54. The number of nitrogens with one attached hydrogen (secondary N) is 2. The van der Waals surface area contributed by atoms with Gasteiger partial charge in [0.25, 0.3) is 15.9 Å². The summed E-state index contributed by atoms with van der Waals surface area (Å²) in [5, 5.41) is 4.92. The molecule has 0 heterocycles. The zero-order valence-corrected chi connectivity index (χ0v) is 14.8. The Morgan fingerprint density at radius 3 is 2.27 bits per heavy atom. The molecule has 0 saturated heterocycles. The molecule has 2 rings (SSSR count). The van der Waals surface area contributed by atoms with E-state index in [1.807, 2.05) is 0 Å². The van der Waals surface area contributed by atoms with E-state index in [1.54, 1.807) is 0 Å². The Labute approximate surface area is 154 Å². The van der Waals surface area contributed by atoms with Gasteiger partial charge in [-0.15, -0.1) is 4.40 Å². The van der Waals surface area contributed by atoms with Crippen LogP contribution in [0.5, 0.6) is 0 Å². The van der Waals surface area contributed by atoms with E-state index in [1.165, 1.54) is 42.5 Å². The molecule has 0 aliphatic carbocycles. The van der Waals surface area contributed by atoms with E-state index in [2.05, 4.69) is 15.0 Å². The topological polar surface area (TPSA) is 140 Å². The molecule has 8 nitrogen and oxygen atoms in total. The maximum atomic E-state index is 13.6. The van der Waals surface area contributed by atoms with Crippen LogP contribution in [0.1, 0.15) is 10.4 Å². The number of nitrogens with zero attached hydrogens (tertiary/aromatic N) is 1. The van der Waals surface area contributed by atoms with Gasteiger partial charge in [0.15, 0.2) is 5.11 Å². The molecule has 0 spiro atoms. The second kappa shape index (κ2) is 7.89. The maximum absolute atomic E-state index is 13.6. The van der Waals surface area contributed by atoms with E-state index >= 15 is 0 Å². The van der Waals surface area contributed by atoms with E-state index in [-0.39, 0.29) is 15.6 Å². The lowest BCUT2D eigenvalue weighted by Crippen LogP contribution is -2.34. The number of hydrogen-bond acceptors (Lipinski definition) is 4. The van der Waals surface area contributed by atoms with Gasteiger partial charge in [-0.2, -0.15) is 8.42 Å². The molecule has 0 bridgehead atoms. The lowest BCUT2D eigenvalue weighted by molar-refractivity contribution is 0.0974. The van der Waals surface area contributed by atoms with Crippen molar-refractivity contribution in [3.8, 4) is 0 Å². The van der Waals surface area contributed by atoms with Crippen LogP contribution in [0.15, 0.2) is 57.8 Å². The Hall–Kier alpha value is -3.05. The number of rotatable bonds is 4. The van der Waals surface area contributed by atoms with Crippen molar-refractivity contribution in [2.45, 2.75) is 4.90 Å². The van der Waals surface area contributed by atoms with Crippen molar-refractivity contribution in [1.29, 1.82) is 0 Å². The zero-order valence-electron chi connectivity index (χ0n) is 13.1. The summed E-state index contributed by atoms with van der Waals surface area (Å²) in [6, 6.07) is 10.8. The van der Waals surface area contributed by atoms with Crippen LogP contribution >= 0.6 is 12.2 Å². The molecule has 1 amide bonds. The van der Waals surface area contributed by atoms with E-state index < -0.39 is 27.7 Å². The third kappa shape index (κ3) is 4.97. The second-order valence-corrected chi connectivity index (χ2v) is 6.92. The minimum absolute atomic E-state index is 0.0851. The molecule has 0 fully saturated rings. The van der Waals surface area contributed by atoms with Gasteiger partial charge in [-0.05, 0) is 48.6 Å². The monoisotopic (exact) mass is 395 g/mol. The van der Waals surface area contributed by atoms with Crippen LogP contribution in [0.2, 0.25) is 0 Å².